The smallest absolute Gasteiger partial charge is 0.256 e. The molecule has 0 aliphatic carbocycles. The number of phenolic OH excluding ortho intramolecular Hbond substituents is 1. The molecule has 0 radical (unpaired) electrons. The van der Waals surface area contributed by atoms with Gasteiger partial charge in [0.1, 0.15) is 17.7 Å². The van der Waals surface area contributed by atoms with Crippen LogP contribution >= 0.6 is 11.3 Å². The molecule has 4 N–H and O–H groups in total. The van der Waals surface area contributed by atoms with Crippen LogP contribution in [0.1, 0.15) is 32.5 Å². The topological polar surface area (TPSA) is 84.3 Å². The van der Waals surface area contributed by atoms with Gasteiger partial charge < -0.3 is 30.1 Å². The molecule has 0 fully saturated rings. The average molecular weight is 376 g/mol. The summed E-state index contributed by atoms with van der Waals surface area (Å²) in [5, 5.41) is 17.4. The van der Waals surface area contributed by atoms with Crippen LogP contribution in [0.4, 0.5) is 5.00 Å². The molecule has 0 saturated carbocycles. The van der Waals surface area contributed by atoms with Gasteiger partial charge in [-0.2, -0.15) is 0 Å². The maximum Gasteiger partial charge on any atom is 0.256 e. The number of amides is 1. The Morgan fingerprint density at radius 2 is 1.92 bits per heavy atom. The van der Waals surface area contributed by atoms with Crippen molar-refractivity contribution in [1.82, 2.24) is 5.32 Å². The molecule has 2 aromatic rings. The van der Waals surface area contributed by atoms with E-state index in [9.17, 15) is 9.90 Å². The van der Waals surface area contributed by atoms with E-state index in [1.54, 1.807) is 23.5 Å². The van der Waals surface area contributed by atoms with Crippen molar-refractivity contribution in [3.05, 3.63) is 33.7 Å². The summed E-state index contributed by atoms with van der Waals surface area (Å²) in [7, 11) is 5.14. The zero-order valence-corrected chi connectivity index (χ0v) is 15.8. The predicted molar refractivity (Wildman–Crippen MR) is 98.5 cm³/mol. The molecule has 138 valence electrons. The number of phenols is 1. The molecule has 4 rings (SSSR count). The average Bonchev–Trinajstić information content (AvgIpc) is 2.99. The van der Waals surface area contributed by atoms with Gasteiger partial charge in [-0.15, -0.1) is 11.3 Å². The minimum Gasteiger partial charge on any atom is -0.502 e. The van der Waals surface area contributed by atoms with E-state index < -0.39 is 6.17 Å². The van der Waals surface area contributed by atoms with Crippen LogP contribution in [-0.4, -0.2) is 38.8 Å². The van der Waals surface area contributed by atoms with E-state index in [4.69, 9.17) is 9.47 Å². The molecule has 0 saturated heterocycles. The van der Waals surface area contributed by atoms with Crippen molar-refractivity contribution in [1.29, 1.82) is 0 Å². The van der Waals surface area contributed by atoms with Crippen LogP contribution in [-0.2, 0) is 13.0 Å². The third-order valence-corrected chi connectivity index (χ3v) is 6.13. The maximum absolute atomic E-state index is 12.8. The van der Waals surface area contributed by atoms with Gasteiger partial charge in [0.2, 0.25) is 5.75 Å². The van der Waals surface area contributed by atoms with Crippen LogP contribution in [0.2, 0.25) is 0 Å². The first-order valence-corrected chi connectivity index (χ1v) is 9.31. The number of anilines is 1. The summed E-state index contributed by atoms with van der Waals surface area (Å²) in [6, 6.07) is 3.40. The van der Waals surface area contributed by atoms with Crippen LogP contribution in [0.3, 0.4) is 0 Å². The number of aromatic hydroxyl groups is 1. The largest absolute Gasteiger partial charge is 0.502 e. The van der Waals surface area contributed by atoms with Crippen LogP contribution in [0.25, 0.3) is 0 Å². The summed E-state index contributed by atoms with van der Waals surface area (Å²) in [6.45, 7) is 1.99. The molecular weight excluding hydrogens is 354 g/mol. The fraction of sp³-hybridized carbons (Fsp3) is 0.389. The first-order chi connectivity index (χ1) is 12.5. The van der Waals surface area contributed by atoms with E-state index in [-0.39, 0.29) is 11.7 Å². The molecule has 2 aliphatic rings. The minimum absolute atomic E-state index is 0.0563. The van der Waals surface area contributed by atoms with Gasteiger partial charge >= 0.3 is 0 Å². The highest BCUT2D eigenvalue weighted by Crippen LogP contribution is 2.42. The van der Waals surface area contributed by atoms with E-state index in [0.717, 1.165) is 35.6 Å². The highest BCUT2D eigenvalue weighted by Gasteiger charge is 2.34. The zero-order chi connectivity index (χ0) is 18.4. The van der Waals surface area contributed by atoms with Gasteiger partial charge in [-0.05, 0) is 17.7 Å². The number of quaternary nitrogens is 1. The highest BCUT2D eigenvalue weighted by atomic mass is 32.1. The molecule has 1 aromatic heterocycles. The van der Waals surface area contributed by atoms with E-state index in [2.05, 4.69) is 17.7 Å². The minimum atomic E-state index is -0.413. The molecule has 8 heteroatoms. The lowest BCUT2D eigenvalue weighted by Crippen LogP contribution is -3.08. The standard InChI is InChI=1S/C18H21N3O4S/c1-21-5-4-10-13(8-21)26-18-14(10)17(23)19-16(20-18)9-6-11(24-2)15(22)12(7-9)25-3/h6-7,16,20,22H,4-5,8H2,1-3H3,(H,19,23)/p+1/t16-/m0/s1. The molecular formula is C18H22N3O4S+. The Labute approximate surface area is 155 Å². The van der Waals surface area contributed by atoms with E-state index in [1.165, 1.54) is 29.6 Å². The number of hydrogen-bond donors (Lipinski definition) is 4. The second-order valence-electron chi connectivity index (χ2n) is 6.67. The fourth-order valence-electron chi connectivity index (χ4n) is 3.58. The number of nitrogens with one attached hydrogen (secondary N) is 3. The number of rotatable bonds is 3. The second-order valence-corrected chi connectivity index (χ2v) is 7.77. The molecule has 2 aliphatic heterocycles. The van der Waals surface area contributed by atoms with Crippen LogP contribution in [0.15, 0.2) is 12.1 Å². The van der Waals surface area contributed by atoms with Crippen molar-refractivity contribution >= 4 is 22.2 Å². The Hall–Kier alpha value is -2.45. The lowest BCUT2D eigenvalue weighted by atomic mass is 10.0. The monoisotopic (exact) mass is 376 g/mol. The summed E-state index contributed by atoms with van der Waals surface area (Å²) < 4.78 is 10.4. The number of carbonyl (C=O) groups is 1. The van der Waals surface area contributed by atoms with Crippen molar-refractivity contribution in [2.45, 2.75) is 19.1 Å². The number of fused-ring (bicyclic) bond motifs is 3. The summed E-state index contributed by atoms with van der Waals surface area (Å²) in [6.07, 6.45) is 0.511. The molecule has 0 bridgehead atoms. The van der Waals surface area contributed by atoms with Crippen molar-refractivity contribution in [3.8, 4) is 17.2 Å². The van der Waals surface area contributed by atoms with Gasteiger partial charge in [-0.1, -0.05) is 0 Å². The first-order valence-electron chi connectivity index (χ1n) is 8.50. The molecule has 1 amide bonds. The van der Waals surface area contributed by atoms with Gasteiger partial charge in [0.25, 0.3) is 5.91 Å². The number of carbonyl (C=O) groups excluding carboxylic acids is 1. The third-order valence-electron chi connectivity index (χ3n) is 4.97. The Kier molecular flexibility index (Phi) is 4.16. The second kappa shape index (κ2) is 6.37. The van der Waals surface area contributed by atoms with Crippen molar-refractivity contribution in [3.63, 3.8) is 0 Å². The molecule has 3 heterocycles. The van der Waals surface area contributed by atoms with Gasteiger partial charge in [-0.3, -0.25) is 4.79 Å². The van der Waals surface area contributed by atoms with Crippen molar-refractivity contribution < 1.29 is 24.3 Å². The normalized spacial score (nSPS) is 21.3. The van der Waals surface area contributed by atoms with Gasteiger partial charge in [0, 0.05) is 12.0 Å². The van der Waals surface area contributed by atoms with Crippen molar-refractivity contribution in [2.75, 3.05) is 33.1 Å². The van der Waals surface area contributed by atoms with Crippen LogP contribution in [0, 0.1) is 0 Å². The zero-order valence-electron chi connectivity index (χ0n) is 14.9. The van der Waals surface area contributed by atoms with Crippen molar-refractivity contribution in [2.24, 2.45) is 0 Å². The maximum atomic E-state index is 12.8. The van der Waals surface area contributed by atoms with E-state index in [0.29, 0.717) is 11.5 Å². The van der Waals surface area contributed by atoms with Crippen LogP contribution in [0.5, 0.6) is 17.2 Å². The van der Waals surface area contributed by atoms with Gasteiger partial charge in [0.15, 0.2) is 11.5 Å². The summed E-state index contributed by atoms with van der Waals surface area (Å²) in [5.74, 6) is 0.486. The fourth-order valence-corrected chi connectivity index (χ4v) is 4.97. The Bertz CT molecular complexity index is 855. The SMILES string of the molecule is COc1cc([C@H]2NC(=O)c3c(sc4c3CC[NH+](C)C4)N2)cc(OC)c1O. The first kappa shape index (κ1) is 17.0. The quantitative estimate of drug-likeness (QED) is 0.640. The van der Waals surface area contributed by atoms with Gasteiger partial charge in [-0.25, -0.2) is 0 Å². The number of methoxy groups -OCH3 is 2. The molecule has 1 unspecified atom stereocenters. The van der Waals surface area contributed by atoms with E-state index >= 15 is 0 Å². The number of thiophene rings is 1. The summed E-state index contributed by atoms with van der Waals surface area (Å²) in [4.78, 5) is 15.5. The number of benzene rings is 1. The summed E-state index contributed by atoms with van der Waals surface area (Å²) in [5.41, 5.74) is 2.72. The lowest BCUT2D eigenvalue weighted by molar-refractivity contribution is -0.895. The Morgan fingerprint density at radius 1 is 1.23 bits per heavy atom. The van der Waals surface area contributed by atoms with Gasteiger partial charge in [0.05, 0.1) is 38.3 Å². The van der Waals surface area contributed by atoms with Crippen LogP contribution < -0.4 is 25.0 Å². The number of ether oxygens (including phenoxy) is 2. The Morgan fingerprint density at radius 3 is 2.58 bits per heavy atom. The molecule has 2 atom stereocenters. The number of hydrogen-bond acceptors (Lipinski definition) is 6. The molecule has 26 heavy (non-hydrogen) atoms. The summed E-state index contributed by atoms with van der Waals surface area (Å²) >= 11 is 1.66. The third kappa shape index (κ3) is 2.65. The predicted octanol–water partition coefficient (Wildman–Crippen LogP) is 0.896. The van der Waals surface area contributed by atoms with E-state index in [1.807, 2.05) is 0 Å². The number of likely N-dealkylation sites (N-methyl/N-ethyl adjacent to an activating group) is 1. The molecule has 1 aromatic carbocycles. The lowest BCUT2D eigenvalue weighted by Gasteiger charge is -2.27. The Balaban J connectivity index is 1.71. The molecule has 7 nitrogen and oxygen atoms in total. The molecule has 0 spiro atoms. The highest BCUT2D eigenvalue weighted by molar-refractivity contribution is 7.16.